The van der Waals surface area contributed by atoms with Crippen LogP contribution in [-0.2, 0) is 24.4 Å². The number of thiol groups is 2. The number of thiocarbonyl (C=S) groups is 2. The molecule has 2 atom stereocenters. The smallest absolute Gasteiger partial charge is 0.298 e. The summed E-state index contributed by atoms with van der Waals surface area (Å²) in [4.78, 5) is 6.64. The Morgan fingerprint density at radius 1 is 0.971 bits per heavy atom. The minimum Gasteiger partial charge on any atom is -0.394 e. The van der Waals surface area contributed by atoms with E-state index < -0.39 is 43.1 Å². The molecule has 35 heavy (non-hydrogen) atoms. The summed E-state index contributed by atoms with van der Waals surface area (Å²) in [6.45, 7) is -0.634. The summed E-state index contributed by atoms with van der Waals surface area (Å²) in [5.74, 6) is 0.132. The van der Waals surface area contributed by atoms with Crippen LogP contribution in [0.4, 0.5) is 11.4 Å². The molecule has 2 rings (SSSR count). The first-order valence-electron chi connectivity index (χ1n) is 9.39. The minimum atomic E-state index is -4.66. The maximum atomic E-state index is 13.1. The van der Waals surface area contributed by atoms with E-state index >= 15 is 0 Å². The Hall–Kier alpha value is -1.74. The molecule has 0 radical (unpaired) electrons. The summed E-state index contributed by atoms with van der Waals surface area (Å²) in [5.41, 5.74) is 0.440. The van der Waals surface area contributed by atoms with Gasteiger partial charge < -0.3 is 5.11 Å². The molecule has 0 fully saturated rings. The van der Waals surface area contributed by atoms with Crippen LogP contribution in [0.25, 0.3) is 12.2 Å². The van der Waals surface area contributed by atoms with Crippen LogP contribution < -0.4 is 0 Å². The lowest BCUT2D eigenvalue weighted by Gasteiger charge is -2.20. The van der Waals surface area contributed by atoms with E-state index in [-0.39, 0.29) is 33.2 Å². The Bertz CT molecular complexity index is 1430. The molecule has 15 heteroatoms. The van der Waals surface area contributed by atoms with Crippen LogP contribution >= 0.6 is 49.7 Å². The molecule has 9 nitrogen and oxygen atoms in total. The van der Waals surface area contributed by atoms with Gasteiger partial charge in [-0.05, 0) is 59.8 Å². The number of aliphatic imine (C=N–C) groups is 2. The fourth-order valence-corrected chi connectivity index (χ4v) is 5.43. The molecule has 0 unspecified atom stereocenters. The molecule has 2 aromatic rings. The zero-order valence-corrected chi connectivity index (χ0v) is 22.6. The highest BCUT2D eigenvalue weighted by Crippen LogP contribution is 2.29. The zero-order valence-electron chi connectivity index (χ0n) is 17.5. The normalized spacial score (nSPS) is 13.6. The number of benzene rings is 2. The molecule has 0 saturated heterocycles. The first-order chi connectivity index (χ1) is 16.5. The predicted octanol–water partition coefficient (Wildman–Crippen LogP) is 3.87. The average Bonchev–Trinajstić information content (AvgIpc) is 2.81. The fourth-order valence-electron chi connectivity index (χ4n) is 2.73. The Morgan fingerprint density at radius 2 is 1.46 bits per heavy atom. The third-order valence-corrected chi connectivity index (χ3v) is 8.06. The van der Waals surface area contributed by atoms with Crippen molar-refractivity contribution in [2.75, 3.05) is 12.4 Å². The van der Waals surface area contributed by atoms with Gasteiger partial charge in [-0.2, -0.15) is 52.1 Å². The molecule has 0 amide bonds. The molecule has 0 heterocycles. The van der Waals surface area contributed by atoms with E-state index in [1.165, 1.54) is 42.5 Å². The SMILES string of the molecule is O=S(=O)(O)c1cc(N=C=S)ccc1C=Cc1ccc(N=C=S)cc1S(=O)(=O)O[C@H](CO)[C@H](S)CS. The second-order valence-corrected chi connectivity index (χ2v) is 11.0. The molecule has 0 bridgehead atoms. The van der Waals surface area contributed by atoms with Gasteiger partial charge in [0.1, 0.15) is 15.9 Å². The van der Waals surface area contributed by atoms with Crippen LogP contribution in [0.5, 0.6) is 0 Å². The maximum Gasteiger partial charge on any atom is 0.298 e. The Kier molecular flexibility index (Phi) is 10.9. The lowest BCUT2D eigenvalue weighted by Crippen LogP contribution is -2.32. The topological polar surface area (TPSA) is 143 Å². The Labute approximate surface area is 224 Å². The quantitative estimate of drug-likeness (QED) is 0.0766. The van der Waals surface area contributed by atoms with Crippen molar-refractivity contribution in [2.24, 2.45) is 9.98 Å². The Balaban J connectivity index is 2.64. The summed E-state index contributed by atoms with van der Waals surface area (Å²) in [5, 5.41) is 13.1. The number of aliphatic hydroxyl groups is 1. The van der Waals surface area contributed by atoms with Gasteiger partial charge in [-0.25, -0.2) is 0 Å². The molecule has 0 aromatic heterocycles. The lowest BCUT2D eigenvalue weighted by atomic mass is 10.1. The van der Waals surface area contributed by atoms with Gasteiger partial charge in [0.05, 0.1) is 28.3 Å². The van der Waals surface area contributed by atoms with E-state index in [1.54, 1.807) is 0 Å². The monoisotopic (exact) mass is 590 g/mol. The molecule has 0 saturated carbocycles. The number of hydrogen-bond donors (Lipinski definition) is 4. The van der Waals surface area contributed by atoms with E-state index in [2.05, 4.69) is 70.0 Å². The second kappa shape index (κ2) is 13.0. The van der Waals surface area contributed by atoms with Crippen molar-refractivity contribution in [3.63, 3.8) is 0 Å². The molecular formula is C20H18N2O7S6. The largest absolute Gasteiger partial charge is 0.394 e. The summed E-state index contributed by atoms with van der Waals surface area (Å²) in [6, 6.07) is 7.89. The number of nitrogens with zero attached hydrogens (tertiary/aromatic N) is 2. The van der Waals surface area contributed by atoms with Gasteiger partial charge in [0, 0.05) is 11.0 Å². The summed E-state index contributed by atoms with van der Waals surface area (Å²) < 4.78 is 64.7. The molecule has 2 N–H and O–H groups in total. The number of isothiocyanates is 2. The summed E-state index contributed by atoms with van der Waals surface area (Å²) in [6.07, 6.45) is 1.40. The molecule has 0 spiro atoms. The molecular weight excluding hydrogens is 573 g/mol. The standard InChI is InChI=1S/C20H18N2O7S6/c23-9-17(18(33)10-30)29-35(27,28)20-8-16(22-12-32)6-4-14(20)2-1-13-3-5-15(21-11-31)7-19(13)34(24,25)26/h1-8,17-18,23,30,33H,9-10H2,(H,24,25,26)/t17-,18-/m1/s1. The van der Waals surface area contributed by atoms with Crippen LogP contribution in [-0.4, -0.2) is 60.5 Å². The van der Waals surface area contributed by atoms with Gasteiger partial charge >= 0.3 is 0 Å². The number of aliphatic hydroxyl groups excluding tert-OH is 1. The van der Waals surface area contributed by atoms with Crippen molar-refractivity contribution in [1.29, 1.82) is 0 Å². The van der Waals surface area contributed by atoms with Gasteiger partial charge in [-0.1, -0.05) is 24.3 Å². The molecule has 0 aliphatic rings. The summed E-state index contributed by atoms with van der Waals surface area (Å²) >= 11 is 17.3. The van der Waals surface area contributed by atoms with E-state index in [0.717, 1.165) is 6.07 Å². The third-order valence-electron chi connectivity index (χ3n) is 4.38. The van der Waals surface area contributed by atoms with E-state index in [4.69, 9.17) is 4.18 Å². The van der Waals surface area contributed by atoms with Crippen molar-refractivity contribution >= 4 is 104 Å². The number of hydrogen-bond acceptors (Lipinski definition) is 12. The maximum absolute atomic E-state index is 13.1. The van der Waals surface area contributed by atoms with Crippen LogP contribution in [0.15, 0.2) is 56.2 Å². The van der Waals surface area contributed by atoms with E-state index in [9.17, 15) is 26.5 Å². The highest BCUT2D eigenvalue weighted by molar-refractivity contribution is 7.87. The van der Waals surface area contributed by atoms with Crippen molar-refractivity contribution in [3.8, 4) is 0 Å². The van der Waals surface area contributed by atoms with Gasteiger partial charge in [0.25, 0.3) is 20.2 Å². The molecule has 2 aromatic carbocycles. The molecule has 0 aliphatic carbocycles. The van der Waals surface area contributed by atoms with Crippen molar-refractivity contribution < 1.29 is 30.7 Å². The molecule has 186 valence electrons. The van der Waals surface area contributed by atoms with Crippen LogP contribution in [0, 0.1) is 0 Å². The van der Waals surface area contributed by atoms with Crippen molar-refractivity contribution in [1.82, 2.24) is 0 Å². The van der Waals surface area contributed by atoms with Crippen LogP contribution in [0.2, 0.25) is 0 Å². The van der Waals surface area contributed by atoms with Gasteiger partial charge in [0.15, 0.2) is 0 Å². The average molecular weight is 591 g/mol. The minimum absolute atomic E-state index is 0.0415. The highest BCUT2D eigenvalue weighted by atomic mass is 32.2. The first-order valence-corrected chi connectivity index (χ1v) is 14.2. The predicted molar refractivity (Wildman–Crippen MR) is 147 cm³/mol. The zero-order chi connectivity index (χ0) is 26.2. The van der Waals surface area contributed by atoms with E-state index in [1.807, 2.05) is 0 Å². The van der Waals surface area contributed by atoms with Crippen molar-refractivity contribution in [3.05, 3.63) is 47.5 Å². The van der Waals surface area contributed by atoms with E-state index in [0.29, 0.717) is 0 Å². The third kappa shape index (κ3) is 8.13. The van der Waals surface area contributed by atoms with Gasteiger partial charge in [-0.3, -0.25) is 8.74 Å². The fraction of sp³-hybridized carbons (Fsp3) is 0.200. The lowest BCUT2D eigenvalue weighted by molar-refractivity contribution is 0.123. The second-order valence-electron chi connectivity index (χ2n) is 6.68. The molecule has 0 aliphatic heterocycles. The Morgan fingerprint density at radius 3 is 1.89 bits per heavy atom. The van der Waals surface area contributed by atoms with Crippen LogP contribution in [0.1, 0.15) is 11.1 Å². The summed E-state index contributed by atoms with van der Waals surface area (Å²) in [7, 11) is -9.13. The van der Waals surface area contributed by atoms with Gasteiger partial charge in [-0.15, -0.1) is 0 Å². The van der Waals surface area contributed by atoms with Crippen molar-refractivity contribution in [2.45, 2.75) is 21.1 Å². The highest BCUT2D eigenvalue weighted by Gasteiger charge is 2.28. The van der Waals surface area contributed by atoms with Crippen LogP contribution in [0.3, 0.4) is 0 Å². The first kappa shape index (κ1) is 29.5. The number of rotatable bonds is 11. The van der Waals surface area contributed by atoms with Gasteiger partial charge in [0.2, 0.25) is 0 Å².